The second-order valence-corrected chi connectivity index (χ2v) is 5.28. The highest BCUT2D eigenvalue weighted by molar-refractivity contribution is 5.45. The lowest BCUT2D eigenvalue weighted by Gasteiger charge is -2.17. The number of hydrogen-bond acceptors (Lipinski definition) is 5. The summed E-state index contributed by atoms with van der Waals surface area (Å²) >= 11 is 0. The van der Waals surface area contributed by atoms with Gasteiger partial charge in [0.2, 0.25) is 6.79 Å². The molecule has 2 atom stereocenters. The van der Waals surface area contributed by atoms with E-state index >= 15 is 0 Å². The number of likely N-dealkylation sites (tertiary alicyclic amines) is 1. The molecule has 104 valence electrons. The van der Waals surface area contributed by atoms with Gasteiger partial charge in [-0.15, -0.1) is 0 Å². The van der Waals surface area contributed by atoms with Gasteiger partial charge in [0.1, 0.15) is 0 Å². The van der Waals surface area contributed by atoms with E-state index in [0.717, 1.165) is 36.6 Å². The topological polar surface area (TPSA) is 54.0 Å². The lowest BCUT2D eigenvalue weighted by Crippen LogP contribution is -2.34. The van der Waals surface area contributed by atoms with Gasteiger partial charge in [0.25, 0.3) is 0 Å². The SMILES string of the molecule is CN1CCC(NCC(O)c2ccc3c(c2)OCO3)C1. The number of rotatable bonds is 4. The van der Waals surface area contributed by atoms with Crippen LogP contribution in [0.5, 0.6) is 11.5 Å². The third-order valence-corrected chi connectivity index (χ3v) is 3.77. The maximum atomic E-state index is 10.2. The first-order chi connectivity index (χ1) is 9.22. The van der Waals surface area contributed by atoms with Crippen molar-refractivity contribution in [1.29, 1.82) is 0 Å². The zero-order chi connectivity index (χ0) is 13.2. The van der Waals surface area contributed by atoms with Crippen molar-refractivity contribution in [2.45, 2.75) is 18.6 Å². The molecular formula is C14H20N2O3. The minimum absolute atomic E-state index is 0.265. The van der Waals surface area contributed by atoms with E-state index < -0.39 is 6.10 Å². The molecule has 0 aromatic heterocycles. The number of hydrogen-bond donors (Lipinski definition) is 2. The van der Waals surface area contributed by atoms with Crippen LogP contribution in [0.2, 0.25) is 0 Å². The van der Waals surface area contributed by atoms with Crippen LogP contribution in [0, 0.1) is 0 Å². The molecule has 1 aromatic carbocycles. The third-order valence-electron chi connectivity index (χ3n) is 3.77. The summed E-state index contributed by atoms with van der Waals surface area (Å²) in [5.74, 6) is 1.47. The molecule has 5 nitrogen and oxygen atoms in total. The van der Waals surface area contributed by atoms with Crippen LogP contribution in [-0.2, 0) is 0 Å². The Morgan fingerprint density at radius 1 is 1.42 bits per heavy atom. The standard InChI is InChI=1S/C14H20N2O3/c1-16-5-4-11(8-16)15-7-12(17)10-2-3-13-14(6-10)19-9-18-13/h2-3,6,11-12,15,17H,4-5,7-9H2,1H3. The van der Waals surface area contributed by atoms with Crippen LogP contribution in [0.1, 0.15) is 18.1 Å². The van der Waals surface area contributed by atoms with Crippen molar-refractivity contribution in [3.63, 3.8) is 0 Å². The van der Waals surface area contributed by atoms with Crippen molar-refractivity contribution in [1.82, 2.24) is 10.2 Å². The molecule has 1 fully saturated rings. The van der Waals surface area contributed by atoms with Gasteiger partial charge in [0, 0.05) is 19.1 Å². The van der Waals surface area contributed by atoms with Crippen molar-refractivity contribution in [2.24, 2.45) is 0 Å². The Morgan fingerprint density at radius 2 is 2.26 bits per heavy atom. The largest absolute Gasteiger partial charge is 0.454 e. The number of aliphatic hydroxyl groups is 1. The van der Waals surface area contributed by atoms with E-state index in [0.29, 0.717) is 12.6 Å². The van der Waals surface area contributed by atoms with Gasteiger partial charge in [-0.3, -0.25) is 0 Å². The molecule has 19 heavy (non-hydrogen) atoms. The molecular weight excluding hydrogens is 244 g/mol. The quantitative estimate of drug-likeness (QED) is 0.840. The normalized spacial score (nSPS) is 23.8. The molecule has 1 saturated heterocycles. The van der Waals surface area contributed by atoms with E-state index in [-0.39, 0.29) is 6.79 Å². The van der Waals surface area contributed by atoms with Crippen LogP contribution < -0.4 is 14.8 Å². The molecule has 2 unspecified atom stereocenters. The van der Waals surface area contributed by atoms with Gasteiger partial charge in [0.05, 0.1) is 6.10 Å². The monoisotopic (exact) mass is 264 g/mol. The average Bonchev–Trinajstić information content (AvgIpc) is 3.03. The maximum Gasteiger partial charge on any atom is 0.231 e. The van der Waals surface area contributed by atoms with Crippen molar-refractivity contribution in [3.8, 4) is 11.5 Å². The smallest absolute Gasteiger partial charge is 0.231 e. The lowest BCUT2D eigenvalue weighted by molar-refractivity contribution is 0.167. The second-order valence-electron chi connectivity index (χ2n) is 5.28. The van der Waals surface area contributed by atoms with Crippen LogP contribution >= 0.6 is 0 Å². The highest BCUT2D eigenvalue weighted by Gasteiger charge is 2.21. The van der Waals surface area contributed by atoms with Gasteiger partial charge < -0.3 is 24.8 Å². The first-order valence-corrected chi connectivity index (χ1v) is 6.72. The van der Waals surface area contributed by atoms with Crippen LogP contribution in [0.25, 0.3) is 0 Å². The molecule has 3 rings (SSSR count). The van der Waals surface area contributed by atoms with Crippen LogP contribution in [0.15, 0.2) is 18.2 Å². The highest BCUT2D eigenvalue weighted by atomic mass is 16.7. The van der Waals surface area contributed by atoms with Crippen molar-refractivity contribution in [3.05, 3.63) is 23.8 Å². The Balaban J connectivity index is 1.56. The van der Waals surface area contributed by atoms with Crippen LogP contribution in [0.4, 0.5) is 0 Å². The lowest BCUT2D eigenvalue weighted by atomic mass is 10.1. The fourth-order valence-electron chi connectivity index (χ4n) is 2.62. The van der Waals surface area contributed by atoms with Gasteiger partial charge in [0.15, 0.2) is 11.5 Å². The third kappa shape index (κ3) is 2.83. The molecule has 2 aliphatic rings. The summed E-state index contributed by atoms with van der Waals surface area (Å²) in [4.78, 5) is 2.30. The van der Waals surface area contributed by atoms with E-state index in [1.807, 2.05) is 18.2 Å². The average molecular weight is 264 g/mol. The summed E-state index contributed by atoms with van der Waals surface area (Å²) in [6.45, 7) is 3.01. The van der Waals surface area contributed by atoms with Crippen LogP contribution in [-0.4, -0.2) is 49.5 Å². The minimum atomic E-state index is -0.514. The maximum absolute atomic E-state index is 10.2. The Morgan fingerprint density at radius 3 is 3.05 bits per heavy atom. The number of likely N-dealkylation sites (N-methyl/N-ethyl adjacent to an activating group) is 1. The molecule has 0 radical (unpaired) electrons. The van der Waals surface area contributed by atoms with Gasteiger partial charge in [-0.25, -0.2) is 0 Å². The summed E-state index contributed by atoms with van der Waals surface area (Å²) in [6, 6.07) is 6.08. The van der Waals surface area contributed by atoms with E-state index in [1.54, 1.807) is 0 Å². The molecule has 5 heteroatoms. The molecule has 0 bridgehead atoms. The summed E-state index contributed by atoms with van der Waals surface area (Å²) in [5, 5.41) is 13.6. The van der Waals surface area contributed by atoms with E-state index in [1.165, 1.54) is 0 Å². The number of benzene rings is 1. The Hall–Kier alpha value is -1.30. The summed E-state index contributed by atoms with van der Waals surface area (Å²) in [6.07, 6.45) is 0.630. The zero-order valence-corrected chi connectivity index (χ0v) is 11.1. The fraction of sp³-hybridized carbons (Fsp3) is 0.571. The van der Waals surface area contributed by atoms with Gasteiger partial charge in [-0.2, -0.15) is 0 Å². The number of fused-ring (bicyclic) bond motifs is 1. The minimum Gasteiger partial charge on any atom is -0.454 e. The first kappa shape index (κ1) is 12.7. The molecule has 0 aliphatic carbocycles. The Labute approximate surface area is 113 Å². The highest BCUT2D eigenvalue weighted by Crippen LogP contribution is 2.34. The molecule has 2 aliphatic heterocycles. The number of ether oxygens (including phenoxy) is 2. The van der Waals surface area contributed by atoms with Gasteiger partial charge in [-0.1, -0.05) is 6.07 Å². The zero-order valence-electron chi connectivity index (χ0n) is 11.1. The molecule has 0 amide bonds. The number of nitrogens with one attached hydrogen (secondary N) is 1. The number of nitrogens with zero attached hydrogens (tertiary/aromatic N) is 1. The van der Waals surface area contributed by atoms with Crippen molar-refractivity contribution in [2.75, 3.05) is 33.5 Å². The summed E-state index contributed by atoms with van der Waals surface area (Å²) in [7, 11) is 2.12. The van der Waals surface area contributed by atoms with Gasteiger partial charge >= 0.3 is 0 Å². The Kier molecular flexibility index (Phi) is 3.59. The Bertz CT molecular complexity index is 452. The summed E-state index contributed by atoms with van der Waals surface area (Å²) < 4.78 is 10.6. The molecule has 1 aromatic rings. The predicted molar refractivity (Wildman–Crippen MR) is 71.4 cm³/mol. The number of aliphatic hydroxyl groups excluding tert-OH is 1. The van der Waals surface area contributed by atoms with E-state index in [4.69, 9.17) is 9.47 Å². The van der Waals surface area contributed by atoms with E-state index in [9.17, 15) is 5.11 Å². The van der Waals surface area contributed by atoms with Crippen LogP contribution in [0.3, 0.4) is 0 Å². The molecule has 2 N–H and O–H groups in total. The predicted octanol–water partition coefficient (Wildman–Crippen LogP) is 0.742. The molecule has 0 saturated carbocycles. The fourth-order valence-corrected chi connectivity index (χ4v) is 2.62. The van der Waals surface area contributed by atoms with Crippen molar-refractivity contribution >= 4 is 0 Å². The van der Waals surface area contributed by atoms with E-state index in [2.05, 4.69) is 17.3 Å². The molecule has 0 spiro atoms. The van der Waals surface area contributed by atoms with Crippen molar-refractivity contribution < 1.29 is 14.6 Å². The van der Waals surface area contributed by atoms with Gasteiger partial charge in [-0.05, 0) is 37.7 Å². The first-order valence-electron chi connectivity index (χ1n) is 6.72. The molecule has 2 heterocycles. The summed E-state index contributed by atoms with van der Waals surface area (Å²) in [5.41, 5.74) is 0.864. The second kappa shape index (κ2) is 5.36.